The van der Waals surface area contributed by atoms with Crippen LogP contribution in [0.1, 0.15) is 41.6 Å². The fraction of sp³-hybridized carbons (Fsp3) is 0.333. The minimum atomic E-state index is -1.03. The maximum Gasteiger partial charge on any atom is 0.356 e. The summed E-state index contributed by atoms with van der Waals surface area (Å²) in [4.78, 5) is 11.0. The molecule has 0 radical (unpaired) electrons. The predicted octanol–water partition coefficient (Wildman–Crippen LogP) is 3.05. The highest BCUT2D eigenvalue weighted by atomic mass is 16.5. The summed E-state index contributed by atoms with van der Waals surface area (Å²) < 4.78 is 7.36. The van der Waals surface area contributed by atoms with Crippen LogP contribution in [0.2, 0.25) is 0 Å². The number of aromatic nitrogens is 2. The van der Waals surface area contributed by atoms with Gasteiger partial charge >= 0.3 is 5.97 Å². The zero-order chi connectivity index (χ0) is 14.7. The number of benzene rings is 1. The zero-order valence-electron chi connectivity index (χ0n) is 11.8. The van der Waals surface area contributed by atoms with Crippen LogP contribution in [0.3, 0.4) is 0 Å². The summed E-state index contributed by atoms with van der Waals surface area (Å²) >= 11 is 0. The molecule has 106 valence electrons. The number of ether oxygens (including phenoxy) is 1. The van der Waals surface area contributed by atoms with Crippen LogP contribution in [0.15, 0.2) is 30.3 Å². The minimum Gasteiger partial charge on any atom is -0.487 e. The molecule has 1 aromatic heterocycles. The van der Waals surface area contributed by atoms with E-state index in [1.807, 2.05) is 45.0 Å². The number of aryl methyl sites for hydroxylation is 1. The average Bonchev–Trinajstić information content (AvgIpc) is 2.82. The molecule has 1 N–H and O–H groups in total. The van der Waals surface area contributed by atoms with Gasteiger partial charge in [0.2, 0.25) is 0 Å². The van der Waals surface area contributed by atoms with Gasteiger partial charge in [-0.15, -0.1) is 0 Å². The van der Waals surface area contributed by atoms with E-state index in [0.717, 1.165) is 17.0 Å². The molecule has 0 aliphatic heterocycles. The van der Waals surface area contributed by atoms with E-state index in [4.69, 9.17) is 9.84 Å². The Morgan fingerprint density at radius 1 is 1.35 bits per heavy atom. The second-order valence-corrected chi connectivity index (χ2v) is 4.97. The lowest BCUT2D eigenvalue weighted by Gasteiger charge is -2.11. The third-order valence-electron chi connectivity index (χ3n) is 2.93. The molecule has 0 amide bonds. The van der Waals surface area contributed by atoms with Crippen LogP contribution in [-0.2, 0) is 6.61 Å². The van der Waals surface area contributed by atoms with Crippen molar-refractivity contribution < 1.29 is 14.6 Å². The van der Waals surface area contributed by atoms with Crippen molar-refractivity contribution in [2.75, 3.05) is 0 Å². The van der Waals surface area contributed by atoms with E-state index in [1.165, 1.54) is 0 Å². The number of carboxylic acid groups (broad SMARTS) is 1. The van der Waals surface area contributed by atoms with Gasteiger partial charge in [-0.25, -0.2) is 4.79 Å². The molecule has 0 saturated heterocycles. The first-order valence-corrected chi connectivity index (χ1v) is 6.48. The van der Waals surface area contributed by atoms with Crippen molar-refractivity contribution >= 4 is 5.97 Å². The molecule has 2 aromatic rings. The van der Waals surface area contributed by atoms with E-state index in [0.29, 0.717) is 6.61 Å². The second kappa shape index (κ2) is 5.77. The molecule has 1 heterocycles. The molecule has 0 aliphatic carbocycles. The lowest BCUT2D eigenvalue weighted by atomic mass is 10.2. The average molecular weight is 274 g/mol. The Kier molecular flexibility index (Phi) is 4.08. The van der Waals surface area contributed by atoms with Crippen molar-refractivity contribution in [2.45, 2.75) is 33.4 Å². The first kappa shape index (κ1) is 14.1. The van der Waals surface area contributed by atoms with Crippen LogP contribution >= 0.6 is 0 Å². The summed E-state index contributed by atoms with van der Waals surface area (Å²) in [6, 6.07) is 9.36. The number of rotatable bonds is 5. The number of carboxylic acids is 1. The molecule has 0 spiro atoms. The van der Waals surface area contributed by atoms with E-state index in [1.54, 1.807) is 10.7 Å². The maximum absolute atomic E-state index is 11.0. The van der Waals surface area contributed by atoms with Crippen molar-refractivity contribution in [2.24, 2.45) is 0 Å². The summed E-state index contributed by atoms with van der Waals surface area (Å²) in [6.45, 7) is 6.21. The summed E-state index contributed by atoms with van der Waals surface area (Å²) in [5, 5.41) is 13.1. The number of hydrogen-bond donors (Lipinski definition) is 1. The molecular formula is C15H18N2O3. The Morgan fingerprint density at radius 2 is 2.00 bits per heavy atom. The molecule has 0 unspecified atom stereocenters. The third kappa shape index (κ3) is 3.17. The van der Waals surface area contributed by atoms with Crippen molar-refractivity contribution in [3.8, 4) is 5.75 Å². The molecule has 2 rings (SSSR count). The maximum atomic E-state index is 11.0. The van der Waals surface area contributed by atoms with Gasteiger partial charge in [0.1, 0.15) is 12.4 Å². The van der Waals surface area contributed by atoms with Crippen LogP contribution in [0.4, 0.5) is 0 Å². The first-order valence-electron chi connectivity index (χ1n) is 6.48. The fourth-order valence-electron chi connectivity index (χ4n) is 1.88. The minimum absolute atomic E-state index is 0.0428. The van der Waals surface area contributed by atoms with Gasteiger partial charge in [-0.2, -0.15) is 5.10 Å². The van der Waals surface area contributed by atoms with Crippen molar-refractivity contribution in [1.29, 1.82) is 0 Å². The summed E-state index contributed by atoms with van der Waals surface area (Å²) in [7, 11) is 0. The Hall–Kier alpha value is -2.30. The van der Waals surface area contributed by atoms with Gasteiger partial charge in [-0.05, 0) is 39.0 Å². The van der Waals surface area contributed by atoms with E-state index < -0.39 is 5.97 Å². The monoisotopic (exact) mass is 274 g/mol. The van der Waals surface area contributed by atoms with Gasteiger partial charge in [0, 0.05) is 6.04 Å². The molecule has 20 heavy (non-hydrogen) atoms. The lowest BCUT2D eigenvalue weighted by Crippen LogP contribution is -2.10. The number of nitrogens with zero attached hydrogens (tertiary/aromatic N) is 2. The smallest absolute Gasteiger partial charge is 0.356 e. The first-order chi connectivity index (χ1) is 9.47. The van der Waals surface area contributed by atoms with E-state index in [2.05, 4.69) is 5.10 Å². The van der Waals surface area contributed by atoms with Gasteiger partial charge in [0.25, 0.3) is 0 Å². The summed E-state index contributed by atoms with van der Waals surface area (Å²) in [5.74, 6) is -0.273. The Labute approximate surface area is 117 Å². The fourth-order valence-corrected chi connectivity index (χ4v) is 1.88. The van der Waals surface area contributed by atoms with Gasteiger partial charge in [0.05, 0.1) is 5.69 Å². The van der Waals surface area contributed by atoms with E-state index >= 15 is 0 Å². The topological polar surface area (TPSA) is 64.3 Å². The van der Waals surface area contributed by atoms with Crippen LogP contribution < -0.4 is 4.74 Å². The molecule has 0 aliphatic rings. The molecule has 5 heteroatoms. The van der Waals surface area contributed by atoms with Crippen molar-refractivity contribution in [3.05, 3.63) is 47.3 Å². The SMILES string of the molecule is Cc1ccc(OCc2cc(C(=O)O)nn2C(C)C)cc1. The van der Waals surface area contributed by atoms with Crippen LogP contribution in [0.25, 0.3) is 0 Å². The standard InChI is InChI=1S/C15H18N2O3/c1-10(2)17-12(8-14(16-17)15(18)19)9-20-13-6-4-11(3)5-7-13/h4-8,10H,9H2,1-3H3,(H,18,19). The molecule has 5 nitrogen and oxygen atoms in total. The van der Waals surface area contributed by atoms with Gasteiger partial charge in [-0.3, -0.25) is 4.68 Å². The van der Waals surface area contributed by atoms with Gasteiger partial charge in [0.15, 0.2) is 5.69 Å². The quantitative estimate of drug-likeness (QED) is 0.910. The van der Waals surface area contributed by atoms with Crippen LogP contribution in [-0.4, -0.2) is 20.9 Å². The third-order valence-corrected chi connectivity index (χ3v) is 2.93. The highest BCUT2D eigenvalue weighted by Crippen LogP contribution is 2.16. The van der Waals surface area contributed by atoms with E-state index in [9.17, 15) is 4.79 Å². The van der Waals surface area contributed by atoms with E-state index in [-0.39, 0.29) is 11.7 Å². The number of hydrogen-bond acceptors (Lipinski definition) is 3. The summed E-state index contributed by atoms with van der Waals surface area (Å²) in [5.41, 5.74) is 1.96. The molecule has 0 saturated carbocycles. The van der Waals surface area contributed by atoms with Crippen LogP contribution in [0.5, 0.6) is 5.75 Å². The molecule has 0 fully saturated rings. The molecule has 0 bridgehead atoms. The Morgan fingerprint density at radius 3 is 2.55 bits per heavy atom. The summed E-state index contributed by atoms with van der Waals surface area (Å²) in [6.07, 6.45) is 0. The Balaban J connectivity index is 2.15. The predicted molar refractivity (Wildman–Crippen MR) is 75.1 cm³/mol. The number of carbonyl (C=O) groups is 1. The van der Waals surface area contributed by atoms with Crippen LogP contribution in [0, 0.1) is 6.92 Å². The van der Waals surface area contributed by atoms with Crippen molar-refractivity contribution in [3.63, 3.8) is 0 Å². The van der Waals surface area contributed by atoms with Gasteiger partial charge < -0.3 is 9.84 Å². The second-order valence-electron chi connectivity index (χ2n) is 4.97. The normalized spacial score (nSPS) is 10.8. The lowest BCUT2D eigenvalue weighted by molar-refractivity contribution is 0.0689. The largest absolute Gasteiger partial charge is 0.487 e. The Bertz CT molecular complexity index is 600. The highest BCUT2D eigenvalue weighted by molar-refractivity contribution is 5.85. The zero-order valence-corrected chi connectivity index (χ0v) is 11.8. The van der Waals surface area contributed by atoms with Crippen molar-refractivity contribution in [1.82, 2.24) is 9.78 Å². The van der Waals surface area contributed by atoms with Gasteiger partial charge in [-0.1, -0.05) is 17.7 Å². The molecule has 0 atom stereocenters. The highest BCUT2D eigenvalue weighted by Gasteiger charge is 2.15. The number of aromatic carboxylic acids is 1. The molecular weight excluding hydrogens is 256 g/mol. The molecule has 1 aromatic carbocycles.